The predicted molar refractivity (Wildman–Crippen MR) is 130 cm³/mol. The SMILES string of the molecule is Cc1ccccc1C(=O)NN1C[C@H](C(=O)OCC(=O)Nc2ccc(C(=O)OCC(C)C)cc2)CC1=O. The normalized spacial score (nSPS) is 14.9. The first-order chi connectivity index (χ1) is 17.1. The number of hydrazine groups is 1. The van der Waals surface area contributed by atoms with Crippen molar-refractivity contribution in [1.29, 1.82) is 0 Å². The molecule has 0 spiro atoms. The van der Waals surface area contributed by atoms with Crippen molar-refractivity contribution in [3.8, 4) is 0 Å². The third kappa shape index (κ3) is 7.14. The van der Waals surface area contributed by atoms with Gasteiger partial charge in [0.2, 0.25) is 5.91 Å². The van der Waals surface area contributed by atoms with Crippen LogP contribution in [0.5, 0.6) is 0 Å². The van der Waals surface area contributed by atoms with Crippen molar-refractivity contribution >= 4 is 35.3 Å². The first-order valence-corrected chi connectivity index (χ1v) is 11.5. The van der Waals surface area contributed by atoms with Gasteiger partial charge < -0.3 is 14.8 Å². The van der Waals surface area contributed by atoms with Crippen molar-refractivity contribution in [2.24, 2.45) is 11.8 Å². The molecular formula is C26H29N3O7. The van der Waals surface area contributed by atoms with Gasteiger partial charge in [-0.1, -0.05) is 32.0 Å². The molecule has 10 nitrogen and oxygen atoms in total. The number of amides is 3. The number of hydrogen-bond acceptors (Lipinski definition) is 7. The molecule has 3 amide bonds. The summed E-state index contributed by atoms with van der Waals surface area (Å²) >= 11 is 0. The molecule has 1 heterocycles. The number of aryl methyl sites for hydroxylation is 1. The van der Waals surface area contributed by atoms with Crippen molar-refractivity contribution in [3.63, 3.8) is 0 Å². The van der Waals surface area contributed by atoms with Crippen LogP contribution in [0, 0.1) is 18.8 Å². The lowest BCUT2D eigenvalue weighted by molar-refractivity contribution is -0.151. The van der Waals surface area contributed by atoms with Crippen molar-refractivity contribution in [2.45, 2.75) is 27.2 Å². The highest BCUT2D eigenvalue weighted by atomic mass is 16.5. The van der Waals surface area contributed by atoms with Crippen molar-refractivity contribution in [3.05, 3.63) is 65.2 Å². The molecule has 10 heteroatoms. The van der Waals surface area contributed by atoms with Crippen LogP contribution in [0.15, 0.2) is 48.5 Å². The second-order valence-corrected chi connectivity index (χ2v) is 8.89. The monoisotopic (exact) mass is 495 g/mol. The Balaban J connectivity index is 1.44. The van der Waals surface area contributed by atoms with E-state index in [1.54, 1.807) is 31.2 Å². The van der Waals surface area contributed by atoms with Crippen molar-refractivity contribution in [2.75, 3.05) is 25.1 Å². The van der Waals surface area contributed by atoms with E-state index in [4.69, 9.17) is 9.47 Å². The van der Waals surface area contributed by atoms with E-state index in [0.29, 0.717) is 23.4 Å². The largest absolute Gasteiger partial charge is 0.462 e. The Morgan fingerprint density at radius 2 is 1.72 bits per heavy atom. The van der Waals surface area contributed by atoms with Crippen molar-refractivity contribution in [1.82, 2.24) is 10.4 Å². The lowest BCUT2D eigenvalue weighted by atomic mass is 10.1. The van der Waals surface area contributed by atoms with Crippen molar-refractivity contribution < 1.29 is 33.4 Å². The minimum absolute atomic E-state index is 0.0503. The molecule has 2 aromatic rings. The zero-order valence-electron chi connectivity index (χ0n) is 20.4. The highest BCUT2D eigenvalue weighted by molar-refractivity contribution is 5.98. The Morgan fingerprint density at radius 1 is 1.03 bits per heavy atom. The maximum Gasteiger partial charge on any atom is 0.338 e. The average Bonchev–Trinajstić information content (AvgIpc) is 3.21. The van der Waals surface area contributed by atoms with Crippen LogP contribution in [-0.2, 0) is 23.9 Å². The molecule has 2 aromatic carbocycles. The van der Waals surface area contributed by atoms with Crippen LogP contribution in [-0.4, -0.2) is 54.4 Å². The smallest absolute Gasteiger partial charge is 0.338 e. The lowest BCUT2D eigenvalue weighted by Crippen LogP contribution is -2.43. The lowest BCUT2D eigenvalue weighted by Gasteiger charge is -2.18. The van der Waals surface area contributed by atoms with Gasteiger partial charge >= 0.3 is 11.9 Å². The number of carbonyl (C=O) groups excluding carboxylic acids is 5. The van der Waals surface area contributed by atoms with Gasteiger partial charge in [-0.3, -0.25) is 29.6 Å². The molecule has 0 saturated carbocycles. The molecule has 36 heavy (non-hydrogen) atoms. The minimum Gasteiger partial charge on any atom is -0.462 e. The van der Waals surface area contributed by atoms with E-state index in [-0.39, 0.29) is 18.9 Å². The molecule has 0 unspecified atom stereocenters. The molecule has 190 valence electrons. The van der Waals surface area contributed by atoms with E-state index in [1.165, 1.54) is 24.3 Å². The summed E-state index contributed by atoms with van der Waals surface area (Å²) in [6.45, 7) is 5.37. The van der Waals surface area contributed by atoms with E-state index in [9.17, 15) is 24.0 Å². The van der Waals surface area contributed by atoms with Crippen LogP contribution < -0.4 is 10.7 Å². The zero-order chi connectivity index (χ0) is 26.2. The minimum atomic E-state index is -0.807. The average molecular weight is 496 g/mol. The van der Waals surface area contributed by atoms with Crippen LogP contribution >= 0.6 is 0 Å². The first kappa shape index (κ1) is 26.4. The Labute approximate surface area is 208 Å². The Kier molecular flexibility index (Phi) is 8.77. The highest BCUT2D eigenvalue weighted by Crippen LogP contribution is 2.18. The summed E-state index contributed by atoms with van der Waals surface area (Å²) in [5, 5.41) is 3.66. The number of esters is 2. The number of ether oxygens (including phenoxy) is 2. The zero-order valence-corrected chi connectivity index (χ0v) is 20.4. The number of anilines is 1. The topological polar surface area (TPSA) is 131 Å². The second kappa shape index (κ2) is 12.0. The van der Waals surface area contributed by atoms with Gasteiger partial charge in [-0.15, -0.1) is 0 Å². The van der Waals surface area contributed by atoms with Gasteiger partial charge in [-0.2, -0.15) is 0 Å². The highest BCUT2D eigenvalue weighted by Gasteiger charge is 2.36. The van der Waals surface area contributed by atoms with E-state index in [0.717, 1.165) is 10.6 Å². The Bertz CT molecular complexity index is 1140. The quantitative estimate of drug-likeness (QED) is 0.511. The summed E-state index contributed by atoms with van der Waals surface area (Å²) in [6, 6.07) is 13.1. The van der Waals surface area contributed by atoms with Crippen LogP contribution in [0.3, 0.4) is 0 Å². The molecule has 1 saturated heterocycles. The fraction of sp³-hybridized carbons (Fsp3) is 0.346. The maximum absolute atomic E-state index is 12.5. The molecule has 0 radical (unpaired) electrons. The molecule has 1 atom stereocenters. The molecule has 1 aliphatic rings. The van der Waals surface area contributed by atoms with Gasteiger partial charge in [0.05, 0.1) is 24.6 Å². The summed E-state index contributed by atoms with van der Waals surface area (Å²) in [5.41, 5.74) is 4.46. The molecular weight excluding hydrogens is 466 g/mol. The Morgan fingerprint density at radius 3 is 2.39 bits per heavy atom. The van der Waals surface area contributed by atoms with Gasteiger partial charge in [0, 0.05) is 17.7 Å². The molecule has 0 bridgehead atoms. The predicted octanol–water partition coefficient (Wildman–Crippen LogP) is 2.48. The molecule has 1 aliphatic heterocycles. The fourth-order valence-electron chi connectivity index (χ4n) is 3.45. The molecule has 0 aliphatic carbocycles. The van der Waals surface area contributed by atoms with E-state index in [1.807, 2.05) is 13.8 Å². The summed E-state index contributed by atoms with van der Waals surface area (Å²) in [4.78, 5) is 61.2. The van der Waals surface area contributed by atoms with E-state index >= 15 is 0 Å². The third-order valence-corrected chi connectivity index (χ3v) is 5.38. The number of rotatable bonds is 9. The van der Waals surface area contributed by atoms with Crippen LogP contribution in [0.4, 0.5) is 5.69 Å². The molecule has 0 aromatic heterocycles. The summed E-state index contributed by atoms with van der Waals surface area (Å²) < 4.78 is 10.2. The van der Waals surface area contributed by atoms with Gasteiger partial charge in [0.1, 0.15) is 0 Å². The molecule has 2 N–H and O–H groups in total. The maximum atomic E-state index is 12.5. The number of carbonyl (C=O) groups is 5. The van der Waals surface area contributed by atoms with Crippen LogP contribution in [0.1, 0.15) is 46.5 Å². The standard InChI is InChI=1S/C26H29N3O7/c1-16(2)14-35-25(33)18-8-10-20(11-9-18)27-22(30)15-36-26(34)19-12-23(31)29(13-19)28-24(32)21-7-5-4-6-17(21)3/h4-11,16,19H,12-15H2,1-3H3,(H,27,30)(H,28,32)/t19-/m1/s1. The molecule has 3 rings (SSSR count). The third-order valence-electron chi connectivity index (χ3n) is 5.38. The molecule has 1 fully saturated rings. The van der Waals surface area contributed by atoms with E-state index < -0.39 is 42.2 Å². The number of benzene rings is 2. The van der Waals surface area contributed by atoms with Crippen LogP contribution in [0.25, 0.3) is 0 Å². The number of nitrogens with one attached hydrogen (secondary N) is 2. The Hall–Kier alpha value is -4.21. The van der Waals surface area contributed by atoms with Gasteiger partial charge in [-0.25, -0.2) is 4.79 Å². The summed E-state index contributed by atoms with van der Waals surface area (Å²) in [7, 11) is 0. The van der Waals surface area contributed by atoms with Crippen LogP contribution in [0.2, 0.25) is 0 Å². The number of hydrogen-bond donors (Lipinski definition) is 2. The summed E-state index contributed by atoms with van der Waals surface area (Å²) in [6.07, 6.45) is -0.136. The van der Waals surface area contributed by atoms with E-state index in [2.05, 4.69) is 10.7 Å². The first-order valence-electron chi connectivity index (χ1n) is 11.5. The number of nitrogens with zero attached hydrogens (tertiary/aromatic N) is 1. The second-order valence-electron chi connectivity index (χ2n) is 8.89. The fourth-order valence-corrected chi connectivity index (χ4v) is 3.45. The van der Waals surface area contributed by atoms with Gasteiger partial charge in [0.15, 0.2) is 6.61 Å². The van der Waals surface area contributed by atoms with Gasteiger partial charge in [-0.05, 0) is 48.7 Å². The summed E-state index contributed by atoms with van der Waals surface area (Å²) in [5.74, 6) is -3.20. The van der Waals surface area contributed by atoms with Gasteiger partial charge in [0.25, 0.3) is 11.8 Å².